The molecule has 0 bridgehead atoms. The van der Waals surface area contributed by atoms with Gasteiger partial charge in [-0.05, 0) is 24.1 Å². The fraction of sp³-hybridized carbons (Fsp3) is 0.333. The zero-order valence-corrected chi connectivity index (χ0v) is 9.50. The summed E-state index contributed by atoms with van der Waals surface area (Å²) in [7, 11) is 0. The molecule has 0 saturated carbocycles. The van der Waals surface area contributed by atoms with Gasteiger partial charge >= 0.3 is 5.97 Å². The minimum Gasteiger partial charge on any atom is -0.466 e. The highest BCUT2D eigenvalue weighted by Gasteiger charge is 2.14. The smallest absolute Gasteiger partial charge is 0.310 e. The number of benzene rings is 1. The van der Waals surface area contributed by atoms with Crippen molar-refractivity contribution in [2.24, 2.45) is 5.73 Å². The van der Waals surface area contributed by atoms with Crippen LogP contribution in [0.2, 0.25) is 0 Å². The van der Waals surface area contributed by atoms with Crippen molar-refractivity contribution in [1.82, 2.24) is 0 Å². The topological polar surface area (TPSA) is 76.1 Å². The third-order valence-electron chi connectivity index (χ3n) is 2.32. The number of nitriles is 1. The SMILES string of the molecule is CCOC(=O)Cc1ccc(F)c(C#N)c1CN. The summed E-state index contributed by atoms with van der Waals surface area (Å²) in [6.45, 7) is 1.99. The normalized spacial score (nSPS) is 9.76. The number of halogens is 1. The quantitative estimate of drug-likeness (QED) is 0.798. The van der Waals surface area contributed by atoms with Gasteiger partial charge < -0.3 is 10.5 Å². The second kappa shape index (κ2) is 5.97. The van der Waals surface area contributed by atoms with Crippen LogP contribution in [-0.4, -0.2) is 12.6 Å². The monoisotopic (exact) mass is 236 g/mol. The van der Waals surface area contributed by atoms with E-state index < -0.39 is 11.8 Å². The standard InChI is InChI=1S/C12H13FN2O2/c1-2-17-12(16)5-8-3-4-11(13)10(7-15)9(8)6-14/h3-4H,2,5-6,14H2,1H3. The molecule has 2 N–H and O–H groups in total. The van der Waals surface area contributed by atoms with Crippen LogP contribution in [0.15, 0.2) is 12.1 Å². The van der Waals surface area contributed by atoms with Crippen molar-refractivity contribution in [3.8, 4) is 6.07 Å². The van der Waals surface area contributed by atoms with Crippen molar-refractivity contribution in [2.75, 3.05) is 6.61 Å². The molecule has 0 amide bonds. The lowest BCUT2D eigenvalue weighted by molar-refractivity contribution is -0.142. The highest BCUT2D eigenvalue weighted by atomic mass is 19.1. The molecule has 0 saturated heterocycles. The summed E-state index contributed by atoms with van der Waals surface area (Å²) in [5, 5.41) is 8.83. The second-order valence-electron chi connectivity index (χ2n) is 3.36. The molecule has 0 aliphatic heterocycles. The number of carbonyl (C=O) groups excluding carboxylic acids is 1. The molecule has 5 heteroatoms. The van der Waals surface area contributed by atoms with Crippen LogP contribution < -0.4 is 5.73 Å². The Hall–Kier alpha value is -1.93. The molecule has 1 aromatic carbocycles. The van der Waals surface area contributed by atoms with Crippen LogP contribution in [0.5, 0.6) is 0 Å². The summed E-state index contributed by atoms with van der Waals surface area (Å²) in [4.78, 5) is 11.3. The Labute approximate surface area is 98.8 Å². The summed E-state index contributed by atoms with van der Waals surface area (Å²) < 4.78 is 18.1. The Bertz CT molecular complexity index is 466. The number of nitrogens with two attached hydrogens (primary N) is 1. The maximum atomic E-state index is 13.3. The minimum atomic E-state index is -0.624. The molecular weight excluding hydrogens is 223 g/mol. The molecule has 4 nitrogen and oxygen atoms in total. The van der Waals surface area contributed by atoms with Crippen LogP contribution in [0.1, 0.15) is 23.6 Å². The van der Waals surface area contributed by atoms with E-state index in [4.69, 9.17) is 15.7 Å². The van der Waals surface area contributed by atoms with Crippen LogP contribution in [0.25, 0.3) is 0 Å². The van der Waals surface area contributed by atoms with Gasteiger partial charge in [0, 0.05) is 6.54 Å². The lowest BCUT2D eigenvalue weighted by Gasteiger charge is -2.09. The molecule has 1 rings (SSSR count). The molecule has 0 unspecified atom stereocenters. The van der Waals surface area contributed by atoms with Gasteiger partial charge in [0.2, 0.25) is 0 Å². The number of ether oxygens (including phenoxy) is 1. The Balaban J connectivity index is 3.09. The van der Waals surface area contributed by atoms with Gasteiger partial charge in [-0.2, -0.15) is 5.26 Å². The van der Waals surface area contributed by atoms with Gasteiger partial charge in [0.05, 0.1) is 18.6 Å². The molecule has 17 heavy (non-hydrogen) atoms. The van der Waals surface area contributed by atoms with Crippen molar-refractivity contribution in [2.45, 2.75) is 19.9 Å². The van der Waals surface area contributed by atoms with E-state index in [1.54, 1.807) is 13.0 Å². The van der Waals surface area contributed by atoms with Gasteiger partial charge in [0.15, 0.2) is 0 Å². The molecule has 1 aromatic rings. The Kier molecular flexibility index (Phi) is 4.61. The fourth-order valence-electron chi connectivity index (χ4n) is 1.55. The highest BCUT2D eigenvalue weighted by Crippen LogP contribution is 2.18. The van der Waals surface area contributed by atoms with E-state index in [0.29, 0.717) is 11.1 Å². The number of carbonyl (C=O) groups is 1. The zero-order valence-electron chi connectivity index (χ0n) is 9.50. The van der Waals surface area contributed by atoms with E-state index in [1.807, 2.05) is 0 Å². The van der Waals surface area contributed by atoms with Gasteiger partial charge in [-0.3, -0.25) is 4.79 Å². The summed E-state index contributed by atoms with van der Waals surface area (Å²) in [6, 6.07) is 4.37. The molecule has 0 radical (unpaired) electrons. The molecule has 0 spiro atoms. The van der Waals surface area contributed by atoms with Crippen LogP contribution >= 0.6 is 0 Å². The molecule has 0 atom stereocenters. The molecular formula is C12H13FN2O2. The average molecular weight is 236 g/mol. The zero-order chi connectivity index (χ0) is 12.8. The van der Waals surface area contributed by atoms with Crippen LogP contribution in [0.3, 0.4) is 0 Å². The van der Waals surface area contributed by atoms with Crippen LogP contribution in [0, 0.1) is 17.1 Å². The third-order valence-corrected chi connectivity index (χ3v) is 2.32. The summed E-state index contributed by atoms with van der Waals surface area (Å²) in [5.41, 5.74) is 6.27. The minimum absolute atomic E-state index is 0.00463. The van der Waals surface area contributed by atoms with E-state index in [2.05, 4.69) is 0 Å². The molecule has 0 heterocycles. The summed E-state index contributed by atoms with van der Waals surface area (Å²) in [6.07, 6.45) is -0.00463. The van der Waals surface area contributed by atoms with Crippen molar-refractivity contribution < 1.29 is 13.9 Å². The number of hydrogen-bond acceptors (Lipinski definition) is 4. The first-order valence-corrected chi connectivity index (χ1v) is 5.20. The van der Waals surface area contributed by atoms with Crippen molar-refractivity contribution in [3.05, 3.63) is 34.6 Å². The molecule has 0 fully saturated rings. The molecule has 0 aromatic heterocycles. The first-order valence-electron chi connectivity index (χ1n) is 5.20. The van der Waals surface area contributed by atoms with Crippen LogP contribution in [0.4, 0.5) is 4.39 Å². The van der Waals surface area contributed by atoms with Crippen LogP contribution in [-0.2, 0) is 22.5 Å². The molecule has 0 aliphatic carbocycles. The lowest BCUT2D eigenvalue weighted by atomic mass is 9.99. The number of esters is 1. The lowest BCUT2D eigenvalue weighted by Crippen LogP contribution is -2.13. The summed E-state index contributed by atoms with van der Waals surface area (Å²) in [5.74, 6) is -1.04. The first kappa shape index (κ1) is 13.1. The molecule has 90 valence electrons. The van der Waals surface area contributed by atoms with E-state index in [-0.39, 0.29) is 25.1 Å². The summed E-state index contributed by atoms with van der Waals surface area (Å²) >= 11 is 0. The van der Waals surface area contributed by atoms with Gasteiger partial charge in [-0.1, -0.05) is 6.07 Å². The van der Waals surface area contributed by atoms with Gasteiger partial charge in [-0.15, -0.1) is 0 Å². The average Bonchev–Trinajstić information content (AvgIpc) is 2.31. The maximum absolute atomic E-state index is 13.3. The number of hydrogen-bond donors (Lipinski definition) is 1. The van der Waals surface area contributed by atoms with Crippen molar-refractivity contribution in [1.29, 1.82) is 5.26 Å². The second-order valence-corrected chi connectivity index (χ2v) is 3.36. The Morgan fingerprint density at radius 3 is 2.82 bits per heavy atom. The third kappa shape index (κ3) is 3.02. The largest absolute Gasteiger partial charge is 0.466 e. The van der Waals surface area contributed by atoms with Gasteiger partial charge in [-0.25, -0.2) is 4.39 Å². The first-order chi connectivity index (χ1) is 8.13. The maximum Gasteiger partial charge on any atom is 0.310 e. The van der Waals surface area contributed by atoms with Gasteiger partial charge in [0.25, 0.3) is 0 Å². The van der Waals surface area contributed by atoms with E-state index in [0.717, 1.165) is 6.07 Å². The fourth-order valence-corrected chi connectivity index (χ4v) is 1.55. The predicted molar refractivity (Wildman–Crippen MR) is 59.3 cm³/mol. The van der Waals surface area contributed by atoms with E-state index >= 15 is 0 Å². The number of rotatable bonds is 4. The highest BCUT2D eigenvalue weighted by molar-refractivity contribution is 5.73. The van der Waals surface area contributed by atoms with Gasteiger partial charge in [0.1, 0.15) is 11.9 Å². The van der Waals surface area contributed by atoms with Crippen molar-refractivity contribution >= 4 is 5.97 Å². The Morgan fingerprint density at radius 2 is 2.29 bits per heavy atom. The van der Waals surface area contributed by atoms with E-state index in [9.17, 15) is 9.18 Å². The number of nitrogens with zero attached hydrogens (tertiary/aromatic N) is 1. The van der Waals surface area contributed by atoms with E-state index in [1.165, 1.54) is 6.07 Å². The predicted octanol–water partition coefficient (Wildman–Crippen LogP) is 1.26. The van der Waals surface area contributed by atoms with Crippen molar-refractivity contribution in [3.63, 3.8) is 0 Å². The Morgan fingerprint density at radius 1 is 1.59 bits per heavy atom. The molecule has 0 aliphatic rings.